The number of nitrogens with one attached hydrogen (secondary N) is 1. The molecule has 0 bridgehead atoms. The highest BCUT2D eigenvalue weighted by Gasteiger charge is 2.13. The van der Waals surface area contributed by atoms with Gasteiger partial charge in [0.1, 0.15) is 5.01 Å². The maximum atomic E-state index is 4.71. The molecule has 0 saturated carbocycles. The maximum absolute atomic E-state index is 4.71. The van der Waals surface area contributed by atoms with Gasteiger partial charge in [0, 0.05) is 29.3 Å². The van der Waals surface area contributed by atoms with Gasteiger partial charge in [-0.25, -0.2) is 4.98 Å². The molecular weight excluding hydrogens is 284 g/mol. The molecule has 2 nitrogen and oxygen atoms in total. The molecule has 0 radical (unpaired) electrons. The van der Waals surface area contributed by atoms with Gasteiger partial charge in [-0.15, -0.1) is 11.3 Å². The Labute approximate surface area is 129 Å². The third-order valence-electron chi connectivity index (χ3n) is 3.54. The normalized spacial score (nSPS) is 19.1. The molecule has 2 heterocycles. The van der Waals surface area contributed by atoms with Crippen molar-refractivity contribution in [2.45, 2.75) is 31.1 Å². The van der Waals surface area contributed by atoms with E-state index >= 15 is 0 Å². The topological polar surface area (TPSA) is 24.9 Å². The monoisotopic (exact) mass is 304 g/mol. The minimum atomic E-state index is 0.803. The molecule has 2 aromatic rings. The first-order valence-corrected chi connectivity index (χ1v) is 9.17. The second-order valence-corrected chi connectivity index (χ2v) is 7.46. The van der Waals surface area contributed by atoms with Crippen LogP contribution >= 0.6 is 23.1 Å². The molecule has 1 aliphatic rings. The van der Waals surface area contributed by atoms with Gasteiger partial charge in [0.15, 0.2) is 0 Å². The van der Waals surface area contributed by atoms with Crippen molar-refractivity contribution < 1.29 is 0 Å². The first-order valence-electron chi connectivity index (χ1n) is 7.24. The lowest BCUT2D eigenvalue weighted by atomic mass is 10.2. The molecule has 1 fully saturated rings. The van der Waals surface area contributed by atoms with Crippen molar-refractivity contribution in [3.63, 3.8) is 0 Å². The van der Waals surface area contributed by atoms with Crippen molar-refractivity contribution in [1.29, 1.82) is 0 Å². The third kappa shape index (κ3) is 3.84. The minimum Gasteiger partial charge on any atom is -0.309 e. The van der Waals surface area contributed by atoms with Crippen LogP contribution in [0.15, 0.2) is 35.7 Å². The van der Waals surface area contributed by atoms with Crippen molar-refractivity contribution >= 4 is 23.1 Å². The van der Waals surface area contributed by atoms with Crippen LogP contribution in [0, 0.1) is 0 Å². The number of aromatic nitrogens is 1. The van der Waals surface area contributed by atoms with E-state index in [9.17, 15) is 0 Å². The van der Waals surface area contributed by atoms with Crippen LogP contribution in [-0.2, 0) is 6.54 Å². The summed E-state index contributed by atoms with van der Waals surface area (Å²) in [6.07, 6.45) is 4.16. The fourth-order valence-corrected chi connectivity index (χ4v) is 4.49. The fourth-order valence-electron chi connectivity index (χ4n) is 2.44. The Hall–Kier alpha value is -0.840. The van der Waals surface area contributed by atoms with Crippen molar-refractivity contribution in [2.75, 3.05) is 12.3 Å². The lowest BCUT2D eigenvalue weighted by molar-refractivity contribution is 0.597. The summed E-state index contributed by atoms with van der Waals surface area (Å²) in [7, 11) is 0. The van der Waals surface area contributed by atoms with E-state index in [-0.39, 0.29) is 0 Å². The predicted octanol–water partition coefficient (Wildman–Crippen LogP) is 4.19. The minimum absolute atomic E-state index is 0.803. The summed E-state index contributed by atoms with van der Waals surface area (Å²) in [6.45, 7) is 2.01. The van der Waals surface area contributed by atoms with Crippen molar-refractivity contribution in [1.82, 2.24) is 10.3 Å². The van der Waals surface area contributed by atoms with Crippen LogP contribution in [0.3, 0.4) is 0 Å². The van der Waals surface area contributed by atoms with Gasteiger partial charge in [-0.3, -0.25) is 0 Å². The molecular formula is C16H20N2S2. The summed E-state index contributed by atoms with van der Waals surface area (Å²) < 4.78 is 0. The van der Waals surface area contributed by atoms with Gasteiger partial charge in [-0.2, -0.15) is 11.8 Å². The SMILES string of the molecule is c1ccc(-c2csc(CNCC3CCCCS3)n2)cc1. The lowest BCUT2D eigenvalue weighted by Crippen LogP contribution is -2.26. The van der Waals surface area contributed by atoms with E-state index in [0.29, 0.717) is 0 Å². The predicted molar refractivity (Wildman–Crippen MR) is 89.4 cm³/mol. The summed E-state index contributed by atoms with van der Waals surface area (Å²) in [5.41, 5.74) is 2.30. The second-order valence-electron chi connectivity index (χ2n) is 5.11. The van der Waals surface area contributed by atoms with Crippen LogP contribution in [0.1, 0.15) is 24.3 Å². The van der Waals surface area contributed by atoms with Crippen LogP contribution < -0.4 is 5.32 Å². The smallest absolute Gasteiger partial charge is 0.107 e. The van der Waals surface area contributed by atoms with Crippen LogP contribution in [0.4, 0.5) is 0 Å². The number of thioether (sulfide) groups is 1. The van der Waals surface area contributed by atoms with E-state index < -0.39 is 0 Å². The van der Waals surface area contributed by atoms with Crippen LogP contribution in [-0.4, -0.2) is 22.5 Å². The maximum Gasteiger partial charge on any atom is 0.107 e. The standard InChI is InChI=1S/C16H20N2S2/c1-2-6-13(7-3-1)15-12-20-16(18-15)11-17-10-14-8-4-5-9-19-14/h1-3,6-7,12,14,17H,4-5,8-11H2. The van der Waals surface area contributed by atoms with Crippen molar-refractivity contribution in [2.24, 2.45) is 0 Å². The van der Waals surface area contributed by atoms with E-state index in [1.807, 2.05) is 6.07 Å². The number of hydrogen-bond acceptors (Lipinski definition) is 4. The number of benzene rings is 1. The Morgan fingerprint density at radius 1 is 1.20 bits per heavy atom. The van der Waals surface area contributed by atoms with Gasteiger partial charge in [-0.1, -0.05) is 36.8 Å². The Kier molecular flexibility index (Phi) is 5.12. The van der Waals surface area contributed by atoms with Gasteiger partial charge >= 0.3 is 0 Å². The molecule has 106 valence electrons. The van der Waals surface area contributed by atoms with Gasteiger partial charge in [0.05, 0.1) is 5.69 Å². The highest BCUT2D eigenvalue weighted by Crippen LogP contribution is 2.25. The molecule has 1 aromatic carbocycles. The quantitative estimate of drug-likeness (QED) is 0.897. The molecule has 4 heteroatoms. The first-order chi connectivity index (χ1) is 9.92. The molecule has 1 unspecified atom stereocenters. The molecule has 1 aliphatic heterocycles. The molecule has 1 N–H and O–H groups in total. The third-order valence-corrected chi connectivity index (χ3v) is 5.79. The zero-order valence-electron chi connectivity index (χ0n) is 11.5. The molecule has 0 amide bonds. The highest BCUT2D eigenvalue weighted by atomic mass is 32.2. The van der Waals surface area contributed by atoms with Crippen LogP contribution in [0.25, 0.3) is 11.3 Å². The highest BCUT2D eigenvalue weighted by molar-refractivity contribution is 7.99. The largest absolute Gasteiger partial charge is 0.309 e. The van der Waals surface area contributed by atoms with E-state index in [0.717, 1.165) is 24.0 Å². The molecule has 0 spiro atoms. The van der Waals surface area contributed by atoms with E-state index in [2.05, 4.69) is 46.7 Å². The molecule has 1 aromatic heterocycles. The molecule has 20 heavy (non-hydrogen) atoms. The summed E-state index contributed by atoms with van der Waals surface area (Å²) >= 11 is 3.87. The number of nitrogens with zero attached hydrogens (tertiary/aromatic N) is 1. The molecule has 0 aliphatic carbocycles. The van der Waals surface area contributed by atoms with Crippen molar-refractivity contribution in [3.8, 4) is 11.3 Å². The Morgan fingerprint density at radius 3 is 2.90 bits per heavy atom. The average molecular weight is 304 g/mol. The molecule has 3 rings (SSSR count). The zero-order chi connectivity index (χ0) is 13.6. The van der Waals surface area contributed by atoms with Crippen LogP contribution in [0.5, 0.6) is 0 Å². The summed E-state index contributed by atoms with van der Waals surface area (Å²) in [6, 6.07) is 10.4. The van der Waals surface area contributed by atoms with E-state index in [1.54, 1.807) is 11.3 Å². The van der Waals surface area contributed by atoms with Gasteiger partial charge < -0.3 is 5.32 Å². The van der Waals surface area contributed by atoms with E-state index in [4.69, 9.17) is 4.98 Å². The zero-order valence-corrected chi connectivity index (χ0v) is 13.2. The Bertz CT molecular complexity index is 518. The molecule has 1 atom stereocenters. The fraction of sp³-hybridized carbons (Fsp3) is 0.438. The van der Waals surface area contributed by atoms with Gasteiger partial charge in [0.25, 0.3) is 0 Å². The average Bonchev–Trinajstić information content (AvgIpc) is 2.98. The summed E-state index contributed by atoms with van der Waals surface area (Å²) in [4.78, 5) is 4.71. The lowest BCUT2D eigenvalue weighted by Gasteiger charge is -2.21. The Balaban J connectivity index is 1.50. The summed E-state index contributed by atoms with van der Waals surface area (Å²) in [5, 5.41) is 7.71. The van der Waals surface area contributed by atoms with Crippen LogP contribution in [0.2, 0.25) is 0 Å². The van der Waals surface area contributed by atoms with Gasteiger partial charge in [-0.05, 0) is 18.6 Å². The van der Waals surface area contributed by atoms with E-state index in [1.165, 1.54) is 35.6 Å². The second kappa shape index (κ2) is 7.25. The van der Waals surface area contributed by atoms with Crippen molar-refractivity contribution in [3.05, 3.63) is 40.7 Å². The summed E-state index contributed by atoms with van der Waals surface area (Å²) in [5.74, 6) is 1.34. The number of rotatable bonds is 5. The number of thiazole rings is 1. The first kappa shape index (κ1) is 14.1. The van der Waals surface area contributed by atoms with Gasteiger partial charge in [0.2, 0.25) is 0 Å². The Morgan fingerprint density at radius 2 is 2.10 bits per heavy atom. The molecule has 1 saturated heterocycles. The number of hydrogen-bond donors (Lipinski definition) is 1.